The summed E-state index contributed by atoms with van der Waals surface area (Å²) in [6.07, 6.45) is 1.01. The molecule has 1 N–H and O–H groups in total. The van der Waals surface area contributed by atoms with Crippen molar-refractivity contribution >= 4 is 23.0 Å². The Kier molecular flexibility index (Phi) is 4.16. The van der Waals surface area contributed by atoms with Crippen molar-refractivity contribution in [2.45, 2.75) is 27.2 Å². The fourth-order valence-corrected chi connectivity index (χ4v) is 2.46. The maximum absolute atomic E-state index is 11.7. The third-order valence-electron chi connectivity index (χ3n) is 2.66. The van der Waals surface area contributed by atoms with Crippen LogP contribution in [0.15, 0.2) is 33.8 Å². The van der Waals surface area contributed by atoms with Crippen molar-refractivity contribution < 1.29 is 9.21 Å². The molecular formula is C14H16N2O2S. The van der Waals surface area contributed by atoms with Crippen molar-refractivity contribution in [1.29, 1.82) is 0 Å². The second-order valence-corrected chi connectivity index (χ2v) is 5.34. The lowest BCUT2D eigenvalue weighted by atomic mass is 10.3. The Balaban J connectivity index is 2.03. The fraction of sp³-hybridized carbons (Fsp3) is 0.286. The van der Waals surface area contributed by atoms with Gasteiger partial charge in [-0.25, -0.2) is 5.43 Å². The number of hydrogen-bond donors (Lipinski definition) is 1. The standard InChI is InChI=1S/C14H16N2O2S/c1-4-11-6-8-13(19-11)10(3)15-16-14(17)12-7-5-9(2)18-12/h5-8H,4H2,1-3H3,(H,16,17)/b15-10-. The average Bonchev–Trinajstić information content (AvgIpc) is 3.04. The molecule has 0 aliphatic heterocycles. The first-order valence-corrected chi connectivity index (χ1v) is 6.92. The molecule has 4 nitrogen and oxygen atoms in total. The molecule has 0 unspecified atom stereocenters. The minimum absolute atomic E-state index is 0.273. The van der Waals surface area contributed by atoms with E-state index in [9.17, 15) is 4.79 Å². The molecule has 0 atom stereocenters. The number of nitrogens with zero attached hydrogens (tertiary/aromatic N) is 1. The van der Waals surface area contributed by atoms with Crippen LogP contribution in [-0.4, -0.2) is 11.6 Å². The molecule has 1 amide bonds. The van der Waals surface area contributed by atoms with Crippen molar-refractivity contribution in [2.24, 2.45) is 5.10 Å². The van der Waals surface area contributed by atoms with Crippen LogP contribution in [0.1, 0.15) is 39.9 Å². The van der Waals surface area contributed by atoms with Crippen molar-refractivity contribution in [3.05, 3.63) is 45.5 Å². The van der Waals surface area contributed by atoms with E-state index in [2.05, 4.69) is 23.5 Å². The van der Waals surface area contributed by atoms with Gasteiger partial charge >= 0.3 is 5.91 Å². The largest absolute Gasteiger partial charge is 0.456 e. The van der Waals surface area contributed by atoms with Crippen LogP contribution >= 0.6 is 11.3 Å². The van der Waals surface area contributed by atoms with Gasteiger partial charge in [-0.3, -0.25) is 4.79 Å². The van der Waals surface area contributed by atoms with Crippen LogP contribution < -0.4 is 5.43 Å². The van der Waals surface area contributed by atoms with Crippen LogP contribution in [0.3, 0.4) is 0 Å². The summed E-state index contributed by atoms with van der Waals surface area (Å²) in [5.41, 5.74) is 3.29. The van der Waals surface area contributed by atoms with Crippen molar-refractivity contribution in [3.8, 4) is 0 Å². The molecule has 0 saturated heterocycles. The smallest absolute Gasteiger partial charge is 0.307 e. The first-order chi connectivity index (χ1) is 9.10. The highest BCUT2D eigenvalue weighted by molar-refractivity contribution is 7.14. The van der Waals surface area contributed by atoms with E-state index in [-0.39, 0.29) is 11.7 Å². The highest BCUT2D eigenvalue weighted by Crippen LogP contribution is 2.17. The summed E-state index contributed by atoms with van der Waals surface area (Å²) in [6.45, 7) is 5.78. The Morgan fingerprint density at radius 2 is 2.16 bits per heavy atom. The van der Waals surface area contributed by atoms with Gasteiger partial charge in [0.2, 0.25) is 0 Å². The minimum Gasteiger partial charge on any atom is -0.456 e. The van der Waals surface area contributed by atoms with Crippen LogP contribution in [-0.2, 0) is 6.42 Å². The molecule has 0 bridgehead atoms. The molecule has 0 fully saturated rings. The Morgan fingerprint density at radius 3 is 2.74 bits per heavy atom. The maximum Gasteiger partial charge on any atom is 0.307 e. The lowest BCUT2D eigenvalue weighted by molar-refractivity contribution is 0.0926. The van der Waals surface area contributed by atoms with E-state index in [0.29, 0.717) is 5.76 Å². The second kappa shape index (κ2) is 5.84. The van der Waals surface area contributed by atoms with Crippen LogP contribution in [0, 0.1) is 6.92 Å². The molecule has 0 spiro atoms. The van der Waals surface area contributed by atoms with Gasteiger partial charge in [-0.1, -0.05) is 6.92 Å². The molecular weight excluding hydrogens is 260 g/mol. The van der Waals surface area contributed by atoms with Crippen molar-refractivity contribution in [2.75, 3.05) is 0 Å². The van der Waals surface area contributed by atoms with E-state index in [1.54, 1.807) is 30.4 Å². The molecule has 0 aliphatic carbocycles. The maximum atomic E-state index is 11.7. The van der Waals surface area contributed by atoms with Crippen LogP contribution in [0.2, 0.25) is 0 Å². The first-order valence-electron chi connectivity index (χ1n) is 6.10. The monoisotopic (exact) mass is 276 g/mol. The Labute approximate surface area is 116 Å². The third-order valence-corrected chi connectivity index (χ3v) is 3.99. The Hall–Kier alpha value is -1.88. The molecule has 0 aliphatic rings. The van der Waals surface area contributed by atoms with Crippen LogP contribution in [0.25, 0.3) is 0 Å². The topological polar surface area (TPSA) is 54.6 Å². The molecule has 2 aromatic rings. The first kappa shape index (κ1) is 13.5. The van der Waals surface area contributed by atoms with Crippen LogP contribution in [0.4, 0.5) is 0 Å². The Bertz CT molecular complexity index is 610. The number of furan rings is 1. The minimum atomic E-state index is -0.334. The van der Waals surface area contributed by atoms with Crippen molar-refractivity contribution in [3.63, 3.8) is 0 Å². The molecule has 100 valence electrons. The number of amides is 1. The molecule has 5 heteroatoms. The van der Waals surface area contributed by atoms with Gasteiger partial charge in [-0.05, 0) is 44.5 Å². The fourth-order valence-electron chi connectivity index (χ4n) is 1.56. The summed E-state index contributed by atoms with van der Waals surface area (Å²) < 4.78 is 5.23. The van der Waals surface area contributed by atoms with Gasteiger partial charge in [0, 0.05) is 4.88 Å². The van der Waals surface area contributed by atoms with E-state index in [0.717, 1.165) is 17.0 Å². The molecule has 2 heterocycles. The highest BCUT2D eigenvalue weighted by Gasteiger charge is 2.09. The Morgan fingerprint density at radius 1 is 1.37 bits per heavy atom. The summed E-state index contributed by atoms with van der Waals surface area (Å²) in [4.78, 5) is 14.1. The lowest BCUT2D eigenvalue weighted by Crippen LogP contribution is -2.18. The van der Waals surface area contributed by atoms with E-state index in [1.807, 2.05) is 13.0 Å². The zero-order valence-electron chi connectivity index (χ0n) is 11.2. The van der Waals surface area contributed by atoms with Gasteiger partial charge in [0.15, 0.2) is 5.76 Å². The SMILES string of the molecule is CCc1ccc(/C(C)=N\NC(=O)c2ccc(C)o2)s1. The number of aryl methyl sites for hydroxylation is 2. The summed E-state index contributed by atoms with van der Waals surface area (Å²) in [5.74, 6) is 0.644. The molecule has 19 heavy (non-hydrogen) atoms. The quantitative estimate of drug-likeness (QED) is 0.687. The van der Waals surface area contributed by atoms with Gasteiger partial charge in [0.25, 0.3) is 0 Å². The number of carbonyl (C=O) groups is 1. The molecule has 2 aromatic heterocycles. The summed E-state index contributed by atoms with van der Waals surface area (Å²) >= 11 is 1.69. The summed E-state index contributed by atoms with van der Waals surface area (Å²) in [6, 6.07) is 7.48. The molecule has 0 aromatic carbocycles. The number of hydrazone groups is 1. The average molecular weight is 276 g/mol. The summed E-state index contributed by atoms with van der Waals surface area (Å²) in [5, 5.41) is 4.10. The number of carbonyl (C=O) groups excluding carboxylic acids is 1. The second-order valence-electron chi connectivity index (χ2n) is 4.17. The van der Waals surface area contributed by atoms with E-state index >= 15 is 0 Å². The molecule has 2 rings (SSSR count). The van der Waals surface area contributed by atoms with E-state index in [4.69, 9.17) is 4.42 Å². The summed E-state index contributed by atoms with van der Waals surface area (Å²) in [7, 11) is 0. The highest BCUT2D eigenvalue weighted by atomic mass is 32.1. The van der Waals surface area contributed by atoms with Gasteiger partial charge < -0.3 is 4.42 Å². The zero-order valence-corrected chi connectivity index (χ0v) is 12.0. The number of nitrogens with one attached hydrogen (secondary N) is 1. The predicted octanol–water partition coefficient (Wildman–Crippen LogP) is 3.37. The van der Waals surface area contributed by atoms with Gasteiger partial charge in [0.05, 0.1) is 10.6 Å². The van der Waals surface area contributed by atoms with Gasteiger partial charge in [-0.15, -0.1) is 11.3 Å². The lowest BCUT2D eigenvalue weighted by Gasteiger charge is -1.98. The third kappa shape index (κ3) is 3.32. The number of thiophene rings is 1. The molecule has 0 radical (unpaired) electrons. The van der Waals surface area contributed by atoms with E-state index < -0.39 is 0 Å². The number of hydrogen-bond acceptors (Lipinski definition) is 4. The van der Waals surface area contributed by atoms with E-state index in [1.165, 1.54) is 4.88 Å². The number of rotatable bonds is 4. The van der Waals surface area contributed by atoms with Crippen molar-refractivity contribution in [1.82, 2.24) is 5.43 Å². The zero-order chi connectivity index (χ0) is 13.8. The normalized spacial score (nSPS) is 11.6. The van der Waals surface area contributed by atoms with Gasteiger partial charge in [0.1, 0.15) is 5.76 Å². The van der Waals surface area contributed by atoms with Crippen LogP contribution in [0.5, 0.6) is 0 Å². The van der Waals surface area contributed by atoms with Gasteiger partial charge in [-0.2, -0.15) is 5.10 Å². The molecule has 0 saturated carbocycles. The predicted molar refractivity (Wildman–Crippen MR) is 76.8 cm³/mol.